The molecule has 0 saturated carbocycles. The highest BCUT2D eigenvalue weighted by Crippen LogP contribution is 2.06. The van der Waals surface area contributed by atoms with E-state index in [9.17, 15) is 4.79 Å². The smallest absolute Gasteiger partial charge is 0.276 e. The maximum Gasteiger partial charge on any atom is 0.276 e. The predicted octanol–water partition coefficient (Wildman–Crippen LogP) is -0.252. The first kappa shape index (κ1) is 11.0. The lowest BCUT2D eigenvalue weighted by Crippen LogP contribution is -2.17. The van der Waals surface area contributed by atoms with Gasteiger partial charge in [-0.25, -0.2) is 9.67 Å². The fraction of sp³-hybridized carbons (Fsp3) is 0.111. The van der Waals surface area contributed by atoms with Gasteiger partial charge >= 0.3 is 0 Å². The number of carbonyl (C=O) groups is 1. The molecule has 0 unspecified atom stereocenters. The number of rotatable bonds is 3. The van der Waals surface area contributed by atoms with E-state index in [2.05, 4.69) is 25.8 Å². The lowest BCUT2D eigenvalue weighted by Gasteiger charge is -2.04. The van der Waals surface area contributed by atoms with Gasteiger partial charge in [-0.05, 0) is 12.1 Å². The van der Waals surface area contributed by atoms with Gasteiger partial charge in [-0.1, -0.05) is 0 Å². The Balaban J connectivity index is 2.12. The summed E-state index contributed by atoms with van der Waals surface area (Å²) in [6.07, 6.45) is 2.82. The maximum atomic E-state index is 11.8. The van der Waals surface area contributed by atoms with Gasteiger partial charge in [0.15, 0.2) is 0 Å². The number of amides is 1. The summed E-state index contributed by atoms with van der Waals surface area (Å²) in [5, 5.41) is 6.41. The largest absolute Gasteiger partial charge is 0.323 e. The molecule has 2 rings (SSSR count). The number of carbonyl (C=O) groups excluding carboxylic acids is 1. The molecule has 17 heavy (non-hydrogen) atoms. The Kier molecular flexibility index (Phi) is 2.97. The molecule has 2 heterocycles. The quantitative estimate of drug-likeness (QED) is 0.498. The van der Waals surface area contributed by atoms with Crippen molar-refractivity contribution >= 4 is 17.5 Å². The minimum Gasteiger partial charge on any atom is -0.323 e. The van der Waals surface area contributed by atoms with E-state index in [1.807, 2.05) is 0 Å². The first-order valence-corrected chi connectivity index (χ1v) is 4.78. The lowest BCUT2D eigenvalue weighted by atomic mass is 10.3. The number of nitrogens with two attached hydrogens (primary N) is 1. The molecule has 0 spiro atoms. The molecule has 88 valence electrons. The third kappa shape index (κ3) is 2.37. The van der Waals surface area contributed by atoms with Gasteiger partial charge in [0.2, 0.25) is 5.95 Å². The molecule has 8 nitrogen and oxygen atoms in total. The number of hydrazine groups is 1. The first-order valence-electron chi connectivity index (χ1n) is 4.78. The summed E-state index contributed by atoms with van der Waals surface area (Å²) < 4.78 is 1.45. The van der Waals surface area contributed by atoms with E-state index < -0.39 is 0 Å². The van der Waals surface area contributed by atoms with Crippen molar-refractivity contribution in [3.63, 3.8) is 0 Å². The molecule has 4 N–H and O–H groups in total. The number of hydrogen-bond donors (Lipinski definition) is 3. The van der Waals surface area contributed by atoms with Crippen LogP contribution in [0.1, 0.15) is 10.5 Å². The summed E-state index contributed by atoms with van der Waals surface area (Å²) in [4.78, 5) is 19.6. The second kappa shape index (κ2) is 4.58. The summed E-state index contributed by atoms with van der Waals surface area (Å²) >= 11 is 0. The highest BCUT2D eigenvalue weighted by atomic mass is 16.2. The van der Waals surface area contributed by atoms with Crippen LogP contribution in [0.15, 0.2) is 24.7 Å². The molecule has 2 aromatic rings. The molecular weight excluding hydrogens is 222 g/mol. The Morgan fingerprint density at radius 2 is 2.24 bits per heavy atom. The monoisotopic (exact) mass is 233 g/mol. The second-order valence-electron chi connectivity index (χ2n) is 3.24. The molecular formula is C9H11N7O. The SMILES string of the molecule is Cn1ncnc1NC(=O)c1ccc(NN)cn1. The Labute approximate surface area is 96.8 Å². The van der Waals surface area contributed by atoms with Crippen LogP contribution in [0.2, 0.25) is 0 Å². The van der Waals surface area contributed by atoms with E-state index in [0.717, 1.165) is 0 Å². The van der Waals surface area contributed by atoms with Crippen molar-refractivity contribution in [1.29, 1.82) is 0 Å². The summed E-state index contributed by atoms with van der Waals surface area (Å²) in [5.74, 6) is 5.20. The minimum absolute atomic E-state index is 0.270. The van der Waals surface area contributed by atoms with Crippen molar-refractivity contribution in [2.45, 2.75) is 0 Å². The molecule has 0 atom stereocenters. The van der Waals surface area contributed by atoms with E-state index in [1.165, 1.54) is 17.2 Å². The molecule has 0 fully saturated rings. The van der Waals surface area contributed by atoms with Crippen LogP contribution < -0.4 is 16.6 Å². The second-order valence-corrected chi connectivity index (χ2v) is 3.24. The van der Waals surface area contributed by atoms with Crippen molar-refractivity contribution in [3.8, 4) is 0 Å². The summed E-state index contributed by atoms with van der Waals surface area (Å²) in [5.41, 5.74) is 3.32. The number of anilines is 2. The summed E-state index contributed by atoms with van der Waals surface area (Å²) in [7, 11) is 1.68. The van der Waals surface area contributed by atoms with Crippen molar-refractivity contribution in [2.24, 2.45) is 12.9 Å². The third-order valence-electron chi connectivity index (χ3n) is 2.10. The van der Waals surface area contributed by atoms with E-state index in [1.54, 1.807) is 19.2 Å². The average Bonchev–Trinajstić information content (AvgIpc) is 2.75. The van der Waals surface area contributed by atoms with Crippen LogP contribution in [-0.4, -0.2) is 25.7 Å². The van der Waals surface area contributed by atoms with Gasteiger partial charge in [0.1, 0.15) is 12.0 Å². The fourth-order valence-corrected chi connectivity index (χ4v) is 1.19. The van der Waals surface area contributed by atoms with Crippen LogP contribution in [0, 0.1) is 0 Å². The van der Waals surface area contributed by atoms with E-state index in [-0.39, 0.29) is 11.6 Å². The van der Waals surface area contributed by atoms with Crippen molar-refractivity contribution in [2.75, 3.05) is 10.7 Å². The van der Waals surface area contributed by atoms with Crippen LogP contribution in [0.4, 0.5) is 11.6 Å². The number of aromatic nitrogens is 4. The summed E-state index contributed by atoms with van der Waals surface area (Å²) in [6, 6.07) is 3.21. The highest BCUT2D eigenvalue weighted by Gasteiger charge is 2.10. The molecule has 2 aromatic heterocycles. The number of nitrogens with one attached hydrogen (secondary N) is 2. The molecule has 0 saturated heterocycles. The predicted molar refractivity (Wildman–Crippen MR) is 61.0 cm³/mol. The molecule has 0 aliphatic carbocycles. The van der Waals surface area contributed by atoms with Crippen LogP contribution in [-0.2, 0) is 7.05 Å². The Morgan fingerprint density at radius 1 is 1.41 bits per heavy atom. The Bertz CT molecular complexity index is 518. The molecule has 0 aliphatic heterocycles. The van der Waals surface area contributed by atoms with Crippen LogP contribution >= 0.6 is 0 Å². The van der Waals surface area contributed by atoms with E-state index >= 15 is 0 Å². The standard InChI is InChI=1S/C9H11N7O/c1-16-9(12-5-13-16)14-8(17)7-3-2-6(15-10)4-11-7/h2-5,15H,10H2,1H3,(H,12,13,14,17). The molecule has 0 bridgehead atoms. The zero-order chi connectivity index (χ0) is 12.3. The molecule has 0 radical (unpaired) electrons. The van der Waals surface area contributed by atoms with Crippen molar-refractivity contribution in [1.82, 2.24) is 19.7 Å². The number of aryl methyl sites for hydroxylation is 1. The van der Waals surface area contributed by atoms with Gasteiger partial charge < -0.3 is 5.43 Å². The number of pyridine rings is 1. The summed E-state index contributed by atoms with van der Waals surface area (Å²) in [6.45, 7) is 0. The number of hydrogen-bond acceptors (Lipinski definition) is 6. The fourth-order valence-electron chi connectivity index (χ4n) is 1.19. The molecule has 1 amide bonds. The zero-order valence-electron chi connectivity index (χ0n) is 9.08. The van der Waals surface area contributed by atoms with Crippen LogP contribution in [0.5, 0.6) is 0 Å². The van der Waals surface area contributed by atoms with Gasteiger partial charge in [-0.15, -0.1) is 0 Å². The number of nitrogens with zero attached hydrogens (tertiary/aromatic N) is 4. The van der Waals surface area contributed by atoms with Gasteiger partial charge in [0, 0.05) is 7.05 Å². The van der Waals surface area contributed by atoms with Crippen LogP contribution in [0.25, 0.3) is 0 Å². The molecule has 0 aliphatic rings. The van der Waals surface area contributed by atoms with Gasteiger partial charge in [0.25, 0.3) is 5.91 Å². The minimum atomic E-state index is -0.357. The van der Waals surface area contributed by atoms with Crippen LogP contribution in [0.3, 0.4) is 0 Å². The number of nitrogen functional groups attached to an aromatic ring is 1. The van der Waals surface area contributed by atoms with E-state index in [0.29, 0.717) is 11.6 Å². The van der Waals surface area contributed by atoms with Gasteiger partial charge in [-0.2, -0.15) is 10.1 Å². The Hall–Kier alpha value is -2.48. The maximum absolute atomic E-state index is 11.8. The third-order valence-corrected chi connectivity index (χ3v) is 2.10. The topological polar surface area (TPSA) is 111 Å². The molecule has 8 heteroatoms. The zero-order valence-corrected chi connectivity index (χ0v) is 9.08. The first-order chi connectivity index (χ1) is 8.20. The molecule has 0 aromatic carbocycles. The van der Waals surface area contributed by atoms with E-state index in [4.69, 9.17) is 5.84 Å². The van der Waals surface area contributed by atoms with Crippen molar-refractivity contribution < 1.29 is 4.79 Å². The average molecular weight is 233 g/mol. The van der Waals surface area contributed by atoms with Gasteiger partial charge in [0.05, 0.1) is 11.9 Å². The normalized spacial score (nSPS) is 10.0. The van der Waals surface area contributed by atoms with Gasteiger partial charge in [-0.3, -0.25) is 16.0 Å². The lowest BCUT2D eigenvalue weighted by molar-refractivity contribution is 0.102. The highest BCUT2D eigenvalue weighted by molar-refractivity contribution is 6.01. The van der Waals surface area contributed by atoms with Crippen molar-refractivity contribution in [3.05, 3.63) is 30.4 Å². The Morgan fingerprint density at radius 3 is 2.76 bits per heavy atom.